The Morgan fingerprint density at radius 2 is 1.96 bits per heavy atom. The average molecular weight is 837 g/mol. The van der Waals surface area contributed by atoms with Gasteiger partial charge in [-0.1, -0.05) is 17.3 Å². The Morgan fingerprint density at radius 1 is 1.21 bits per heavy atom. The van der Waals surface area contributed by atoms with Gasteiger partial charge in [0.05, 0.1) is 56.0 Å². The summed E-state index contributed by atoms with van der Waals surface area (Å²) in [6, 6.07) is 6.26. The SMILES string of the molecule is COc1ccc2c(c1)N(C(=O)OC(C)C)[C@@H](CSC)C(=S)N2.Cc1cn([C@H]2C[C@H](N=[N+]=[N-])[C@@H](CO)O2)c(=O)[nH]c1=O.Nc1ccn([C@@H]2CS[C@H](CO)O2)c(=O)n1. The number of rotatable bonds is 9. The van der Waals surface area contributed by atoms with Gasteiger partial charge in [-0.2, -0.15) is 16.7 Å². The minimum Gasteiger partial charge on any atom is -0.497 e. The number of aromatic nitrogens is 4. The lowest BCUT2D eigenvalue weighted by Gasteiger charge is -2.37. The number of nitrogens with zero attached hydrogens (tertiary/aromatic N) is 7. The second-order valence-electron chi connectivity index (χ2n) is 12.5. The van der Waals surface area contributed by atoms with Gasteiger partial charge in [-0.3, -0.25) is 23.8 Å². The first-order chi connectivity index (χ1) is 26.7. The van der Waals surface area contributed by atoms with Crippen LogP contribution in [0, 0.1) is 6.92 Å². The van der Waals surface area contributed by atoms with Crippen molar-refractivity contribution >= 4 is 64.0 Å². The van der Waals surface area contributed by atoms with E-state index in [1.54, 1.807) is 43.0 Å². The molecule has 1 amide bonds. The van der Waals surface area contributed by atoms with Gasteiger partial charge in [0.1, 0.15) is 34.4 Å². The number of aromatic amines is 1. The number of carbonyl (C=O) groups excluding carboxylic acids is 1. The quantitative estimate of drug-likeness (QED) is 0.0897. The molecule has 0 saturated carbocycles. The number of nitrogen functional groups attached to an aromatic ring is 1. The molecule has 23 heteroatoms. The number of anilines is 3. The van der Waals surface area contributed by atoms with E-state index in [-0.39, 0.29) is 49.3 Å². The van der Waals surface area contributed by atoms with Gasteiger partial charge in [0.25, 0.3) is 5.56 Å². The zero-order chi connectivity index (χ0) is 41.1. The zero-order valence-corrected chi connectivity index (χ0v) is 33.6. The zero-order valence-electron chi connectivity index (χ0n) is 31.1. The van der Waals surface area contributed by atoms with E-state index in [0.717, 1.165) is 11.4 Å². The lowest BCUT2D eigenvalue weighted by atomic mass is 10.1. The predicted octanol–water partition coefficient (Wildman–Crippen LogP) is 2.74. The third-order valence-corrected chi connectivity index (χ3v) is 10.4. The van der Waals surface area contributed by atoms with Gasteiger partial charge in [-0.15, -0.1) is 11.8 Å². The maximum absolute atomic E-state index is 12.6. The molecule has 6 N–H and O–H groups in total. The van der Waals surface area contributed by atoms with Crippen molar-refractivity contribution in [3.8, 4) is 5.75 Å². The molecule has 0 spiro atoms. The number of hydrogen-bond acceptors (Lipinski definition) is 16. The van der Waals surface area contributed by atoms with Gasteiger partial charge in [-0.25, -0.2) is 14.4 Å². The smallest absolute Gasteiger partial charge is 0.415 e. The molecule has 3 aliphatic rings. The summed E-state index contributed by atoms with van der Waals surface area (Å²) in [7, 11) is 1.60. The molecule has 0 aliphatic carbocycles. The molecule has 6 rings (SSSR count). The Bertz CT molecular complexity index is 2080. The number of thioether (sulfide) groups is 2. The predicted molar refractivity (Wildman–Crippen MR) is 216 cm³/mol. The van der Waals surface area contributed by atoms with Crippen molar-refractivity contribution in [3.05, 3.63) is 84.0 Å². The number of aryl methyl sites for hydroxylation is 1. The third-order valence-electron chi connectivity index (χ3n) is 8.28. The van der Waals surface area contributed by atoms with E-state index in [1.807, 2.05) is 38.3 Å². The van der Waals surface area contributed by atoms with E-state index in [2.05, 4.69) is 25.3 Å². The van der Waals surface area contributed by atoms with Crippen LogP contribution < -0.4 is 37.6 Å². The molecule has 2 aromatic heterocycles. The Morgan fingerprint density at radius 3 is 2.57 bits per heavy atom. The molecule has 3 aromatic rings. The molecule has 0 radical (unpaired) electrons. The van der Waals surface area contributed by atoms with Gasteiger partial charge >= 0.3 is 17.5 Å². The minimum atomic E-state index is -0.671. The van der Waals surface area contributed by atoms with Crippen molar-refractivity contribution in [1.82, 2.24) is 19.1 Å². The number of amides is 1. The summed E-state index contributed by atoms with van der Waals surface area (Å²) in [6.45, 7) is 4.86. The fraction of sp³-hybridized carbons (Fsp3) is 0.515. The summed E-state index contributed by atoms with van der Waals surface area (Å²) in [6.07, 6.45) is 2.90. The average Bonchev–Trinajstić information content (AvgIpc) is 3.81. The number of benzene rings is 1. The van der Waals surface area contributed by atoms with E-state index in [9.17, 15) is 19.2 Å². The highest BCUT2D eigenvalue weighted by molar-refractivity contribution is 8.00. The van der Waals surface area contributed by atoms with Crippen molar-refractivity contribution in [1.29, 1.82) is 0 Å². The highest BCUT2D eigenvalue weighted by Crippen LogP contribution is 2.37. The number of aliphatic hydroxyl groups is 2. The highest BCUT2D eigenvalue weighted by atomic mass is 32.2. The summed E-state index contributed by atoms with van der Waals surface area (Å²) in [5, 5.41) is 24.7. The van der Waals surface area contributed by atoms with Gasteiger partial charge in [0, 0.05) is 46.9 Å². The number of hydrogen-bond donors (Lipinski definition) is 5. The summed E-state index contributed by atoms with van der Waals surface area (Å²) in [5.41, 5.74) is 13.9. The number of H-pyrrole nitrogens is 1. The van der Waals surface area contributed by atoms with Crippen molar-refractivity contribution in [2.24, 2.45) is 5.11 Å². The fourth-order valence-electron chi connectivity index (χ4n) is 5.60. The molecule has 0 unspecified atom stereocenters. The molecule has 2 saturated heterocycles. The van der Waals surface area contributed by atoms with Crippen LogP contribution in [-0.4, -0.2) is 108 Å². The molecule has 20 nitrogen and oxygen atoms in total. The number of carbonyl (C=O) groups is 1. The summed E-state index contributed by atoms with van der Waals surface area (Å²) < 4.78 is 24.1. The number of nitrogens with two attached hydrogens (primary N) is 1. The first kappa shape index (κ1) is 44.1. The van der Waals surface area contributed by atoms with Crippen LogP contribution in [0.25, 0.3) is 10.4 Å². The van der Waals surface area contributed by atoms with Crippen LogP contribution in [0.2, 0.25) is 0 Å². The molecule has 1 aromatic carbocycles. The summed E-state index contributed by atoms with van der Waals surface area (Å²) >= 11 is 8.53. The molecule has 304 valence electrons. The number of azide groups is 1. The van der Waals surface area contributed by atoms with E-state index in [4.69, 9.17) is 52.6 Å². The summed E-state index contributed by atoms with van der Waals surface area (Å²) in [4.78, 5) is 57.7. The van der Waals surface area contributed by atoms with Crippen molar-refractivity contribution in [2.45, 2.75) is 69.4 Å². The monoisotopic (exact) mass is 836 g/mol. The number of nitrogens with one attached hydrogen (secondary N) is 2. The van der Waals surface area contributed by atoms with Crippen LogP contribution in [0.4, 0.5) is 22.0 Å². The van der Waals surface area contributed by atoms with Gasteiger partial charge in [0.2, 0.25) is 0 Å². The number of aliphatic hydroxyl groups excluding tert-OH is 2. The van der Waals surface area contributed by atoms with E-state index in [1.165, 1.54) is 27.1 Å². The van der Waals surface area contributed by atoms with Crippen molar-refractivity contribution in [3.63, 3.8) is 0 Å². The lowest BCUT2D eigenvalue weighted by molar-refractivity contribution is -0.0271. The largest absolute Gasteiger partial charge is 0.497 e. The molecule has 5 heterocycles. The number of ether oxygens (including phenoxy) is 4. The van der Waals surface area contributed by atoms with E-state index in [0.29, 0.717) is 27.8 Å². The molecule has 2 fully saturated rings. The topological polar surface area (TPSA) is 274 Å². The van der Waals surface area contributed by atoms with Gasteiger partial charge in [-0.05, 0) is 50.8 Å². The Hall–Kier alpha value is -4.61. The molecule has 56 heavy (non-hydrogen) atoms. The maximum Gasteiger partial charge on any atom is 0.415 e. The molecule has 3 aliphatic heterocycles. The minimum absolute atomic E-state index is 0.0572. The summed E-state index contributed by atoms with van der Waals surface area (Å²) in [5.74, 6) is 2.19. The second-order valence-corrected chi connectivity index (χ2v) is 15.1. The van der Waals surface area contributed by atoms with Gasteiger partial charge < -0.3 is 40.2 Å². The van der Waals surface area contributed by atoms with E-state index >= 15 is 0 Å². The third kappa shape index (κ3) is 11.0. The van der Waals surface area contributed by atoms with Crippen molar-refractivity contribution < 1.29 is 34.0 Å². The lowest BCUT2D eigenvalue weighted by Crippen LogP contribution is -2.52. The highest BCUT2D eigenvalue weighted by Gasteiger charge is 2.37. The Balaban J connectivity index is 0.000000190. The normalized spacial score (nSPS) is 22.4. The standard InChI is InChI=1S/C15H20N2O3S2.C10H13N5O4.C8H11N3O3S/c1-9(2)20-15(18)17-12-7-10(19-3)5-6-11(12)16-14(21)13(17)8-22-4;1-5-3-15(10(18)12-9(5)17)8-2-6(13-14-11)7(4-16)19-8;9-5-1-2-11(8(13)10-5)6-4-15-7(3-12)14-6/h5-7,9,13H,8H2,1-4H3,(H,16,21);3,6-8,16H,2,4H2,1H3,(H,12,17,18);1-2,6-7,12H,3-4H2,(H2,9,10,13)/t13-;6-,7+,8+;6-,7+/m000/s1. The van der Waals surface area contributed by atoms with Crippen LogP contribution in [0.5, 0.6) is 5.75 Å². The van der Waals surface area contributed by atoms with E-state index < -0.39 is 41.4 Å². The number of fused-ring (bicyclic) bond motifs is 1. The first-order valence-corrected chi connectivity index (χ1v) is 19.9. The first-order valence-electron chi connectivity index (χ1n) is 17.1. The molecular formula is C33H44N10O10S3. The van der Waals surface area contributed by atoms with Crippen LogP contribution in [0.1, 0.15) is 38.3 Å². The van der Waals surface area contributed by atoms with Crippen LogP contribution in [0.3, 0.4) is 0 Å². The van der Waals surface area contributed by atoms with Gasteiger partial charge in [0.15, 0.2) is 0 Å². The van der Waals surface area contributed by atoms with Crippen LogP contribution >= 0.6 is 35.7 Å². The Kier molecular flexibility index (Phi) is 16.2. The number of thiocarbonyl (C=S) groups is 1. The van der Waals surface area contributed by atoms with Crippen LogP contribution in [-0.2, 0) is 14.2 Å². The molecule has 6 atom stereocenters. The molecule has 0 bridgehead atoms. The maximum atomic E-state index is 12.6. The molecular weight excluding hydrogens is 793 g/mol. The van der Waals surface area contributed by atoms with Crippen molar-refractivity contribution in [2.75, 3.05) is 54.0 Å². The Labute approximate surface area is 334 Å². The second kappa shape index (κ2) is 20.5. The number of methoxy groups -OCH3 is 1. The van der Waals surface area contributed by atoms with Crippen LogP contribution in [0.15, 0.2) is 56.2 Å². The fourth-order valence-corrected chi connectivity index (χ4v) is 7.57.